The Morgan fingerprint density at radius 1 is 1.12 bits per heavy atom. The zero-order valence-corrected chi connectivity index (χ0v) is 15.4. The summed E-state index contributed by atoms with van der Waals surface area (Å²) >= 11 is 0. The van der Waals surface area contributed by atoms with Gasteiger partial charge in [0.1, 0.15) is 0 Å². The van der Waals surface area contributed by atoms with Crippen LogP contribution in [0.15, 0.2) is 36.5 Å². The maximum Gasteiger partial charge on any atom is 0.234 e. The predicted octanol–water partition coefficient (Wildman–Crippen LogP) is 3.21. The van der Waals surface area contributed by atoms with Gasteiger partial charge in [-0.15, -0.1) is 0 Å². The van der Waals surface area contributed by atoms with Crippen molar-refractivity contribution in [2.24, 2.45) is 0 Å². The molecule has 0 fully saturated rings. The van der Waals surface area contributed by atoms with Gasteiger partial charge in [-0.1, -0.05) is 36.8 Å². The largest absolute Gasteiger partial charge is 0.387 e. The molecular formula is C20H26N4O. The summed E-state index contributed by atoms with van der Waals surface area (Å²) in [5.74, 6) is 0.739. The van der Waals surface area contributed by atoms with Crippen molar-refractivity contribution in [1.29, 1.82) is 0 Å². The van der Waals surface area contributed by atoms with Gasteiger partial charge < -0.3 is 5.11 Å². The molecule has 0 aliphatic carbocycles. The van der Waals surface area contributed by atoms with Crippen molar-refractivity contribution < 1.29 is 5.11 Å². The lowest BCUT2D eigenvalue weighted by atomic mass is 10.1. The number of likely N-dealkylation sites (N-methyl/N-ethyl adjacent to an activating group) is 1. The molecule has 0 spiro atoms. The van der Waals surface area contributed by atoms with Crippen molar-refractivity contribution in [3.63, 3.8) is 0 Å². The molecule has 0 aliphatic heterocycles. The number of nitrogens with zero attached hydrogens (tertiary/aromatic N) is 4. The average molecular weight is 338 g/mol. The molecule has 0 radical (unpaired) electrons. The minimum atomic E-state index is -0.500. The van der Waals surface area contributed by atoms with Gasteiger partial charge in [-0.25, -0.2) is 9.97 Å². The average Bonchev–Trinajstić information content (AvgIpc) is 2.97. The number of rotatable bonds is 6. The molecule has 0 bridgehead atoms. The maximum atomic E-state index is 10.5. The number of fused-ring (bicyclic) bond motifs is 1. The van der Waals surface area contributed by atoms with Crippen LogP contribution >= 0.6 is 0 Å². The molecule has 2 heterocycles. The third kappa shape index (κ3) is 4.06. The monoisotopic (exact) mass is 338 g/mol. The summed E-state index contributed by atoms with van der Waals surface area (Å²) in [6, 6.07) is 10.1. The topological polar surface area (TPSA) is 53.7 Å². The van der Waals surface area contributed by atoms with Crippen LogP contribution in [0.5, 0.6) is 0 Å². The Balaban J connectivity index is 1.73. The highest BCUT2D eigenvalue weighted by Gasteiger charge is 2.15. The molecule has 1 unspecified atom stereocenters. The predicted molar refractivity (Wildman–Crippen MR) is 99.6 cm³/mol. The van der Waals surface area contributed by atoms with Crippen LogP contribution in [0.2, 0.25) is 0 Å². The van der Waals surface area contributed by atoms with E-state index in [9.17, 15) is 5.11 Å². The van der Waals surface area contributed by atoms with Crippen LogP contribution in [-0.2, 0) is 6.54 Å². The molecule has 5 nitrogen and oxygen atoms in total. The Morgan fingerprint density at radius 3 is 2.52 bits per heavy atom. The Labute approximate surface area is 149 Å². The molecule has 132 valence electrons. The molecule has 0 aliphatic rings. The second-order valence-corrected chi connectivity index (χ2v) is 6.70. The van der Waals surface area contributed by atoms with Crippen molar-refractivity contribution in [2.45, 2.75) is 40.3 Å². The lowest BCUT2D eigenvalue weighted by Gasteiger charge is -2.23. The molecule has 3 aromatic rings. The standard InChI is InChI=1S/C20H26N4O/c1-5-23(13-19(25)17-8-6-14(2)7-9-17)11-18-12-24-16(4)10-15(3)21-20(24)22-18/h6-10,12,19,25H,5,11,13H2,1-4H3. The van der Waals surface area contributed by atoms with E-state index in [0.29, 0.717) is 13.1 Å². The van der Waals surface area contributed by atoms with Gasteiger partial charge in [0.25, 0.3) is 0 Å². The van der Waals surface area contributed by atoms with E-state index in [4.69, 9.17) is 0 Å². The Bertz CT molecular complexity index is 854. The molecule has 0 saturated heterocycles. The van der Waals surface area contributed by atoms with E-state index in [0.717, 1.165) is 35.0 Å². The summed E-state index contributed by atoms with van der Waals surface area (Å²) in [6.07, 6.45) is 1.54. The van der Waals surface area contributed by atoms with E-state index < -0.39 is 6.10 Å². The fourth-order valence-corrected chi connectivity index (χ4v) is 3.07. The zero-order valence-electron chi connectivity index (χ0n) is 15.4. The SMILES string of the molecule is CCN(Cc1cn2c(C)cc(C)nc2n1)CC(O)c1ccc(C)cc1. The van der Waals surface area contributed by atoms with E-state index in [1.165, 1.54) is 5.56 Å². The maximum absolute atomic E-state index is 10.5. The molecular weight excluding hydrogens is 312 g/mol. The lowest BCUT2D eigenvalue weighted by Crippen LogP contribution is -2.28. The summed E-state index contributed by atoms with van der Waals surface area (Å²) in [4.78, 5) is 11.3. The van der Waals surface area contributed by atoms with Crippen molar-refractivity contribution in [2.75, 3.05) is 13.1 Å². The van der Waals surface area contributed by atoms with Crippen LogP contribution < -0.4 is 0 Å². The second-order valence-electron chi connectivity index (χ2n) is 6.70. The number of hydrogen-bond acceptors (Lipinski definition) is 4. The third-order valence-electron chi connectivity index (χ3n) is 4.54. The van der Waals surface area contributed by atoms with Gasteiger partial charge in [0.2, 0.25) is 5.78 Å². The van der Waals surface area contributed by atoms with Gasteiger partial charge in [0, 0.05) is 30.7 Å². The quantitative estimate of drug-likeness (QED) is 0.750. The van der Waals surface area contributed by atoms with Gasteiger partial charge in [-0.05, 0) is 38.9 Å². The van der Waals surface area contributed by atoms with Crippen molar-refractivity contribution in [3.05, 3.63) is 64.7 Å². The summed E-state index contributed by atoms with van der Waals surface area (Å²) in [5.41, 5.74) is 5.23. The van der Waals surface area contributed by atoms with Gasteiger partial charge in [-0.2, -0.15) is 0 Å². The summed E-state index contributed by atoms with van der Waals surface area (Å²) in [7, 11) is 0. The normalized spacial score (nSPS) is 12.9. The molecule has 1 N–H and O–H groups in total. The zero-order chi connectivity index (χ0) is 18.0. The minimum absolute atomic E-state index is 0.500. The van der Waals surface area contributed by atoms with Crippen LogP contribution in [0.1, 0.15) is 41.2 Å². The van der Waals surface area contributed by atoms with Crippen LogP contribution in [-0.4, -0.2) is 37.5 Å². The van der Waals surface area contributed by atoms with E-state index in [2.05, 4.69) is 41.7 Å². The molecule has 1 atom stereocenters. The van der Waals surface area contributed by atoms with E-state index in [-0.39, 0.29) is 0 Å². The van der Waals surface area contributed by atoms with E-state index in [1.807, 2.05) is 41.8 Å². The summed E-state index contributed by atoms with van der Waals surface area (Å²) < 4.78 is 2.02. The first-order valence-corrected chi connectivity index (χ1v) is 8.75. The van der Waals surface area contributed by atoms with Crippen molar-refractivity contribution >= 4 is 5.78 Å². The number of imidazole rings is 1. The molecule has 2 aromatic heterocycles. The van der Waals surface area contributed by atoms with Gasteiger partial charge >= 0.3 is 0 Å². The van der Waals surface area contributed by atoms with Gasteiger partial charge in [0.15, 0.2) is 0 Å². The first kappa shape index (κ1) is 17.6. The van der Waals surface area contributed by atoms with Crippen LogP contribution in [0.3, 0.4) is 0 Å². The summed E-state index contributed by atoms with van der Waals surface area (Å²) in [6.45, 7) is 10.3. The fourth-order valence-electron chi connectivity index (χ4n) is 3.07. The number of aromatic nitrogens is 3. The fraction of sp³-hybridized carbons (Fsp3) is 0.400. The minimum Gasteiger partial charge on any atom is -0.387 e. The Morgan fingerprint density at radius 2 is 1.84 bits per heavy atom. The Hall–Kier alpha value is -2.24. The molecule has 5 heteroatoms. The first-order valence-electron chi connectivity index (χ1n) is 8.75. The highest BCUT2D eigenvalue weighted by atomic mass is 16.3. The number of benzene rings is 1. The second kappa shape index (κ2) is 7.33. The molecule has 25 heavy (non-hydrogen) atoms. The highest BCUT2D eigenvalue weighted by Crippen LogP contribution is 2.17. The lowest BCUT2D eigenvalue weighted by molar-refractivity contribution is 0.111. The van der Waals surface area contributed by atoms with Crippen LogP contribution in [0, 0.1) is 20.8 Å². The van der Waals surface area contributed by atoms with Crippen molar-refractivity contribution in [1.82, 2.24) is 19.3 Å². The number of aryl methyl sites for hydroxylation is 3. The molecule has 0 saturated carbocycles. The first-order chi connectivity index (χ1) is 12.0. The number of aliphatic hydroxyl groups is 1. The van der Waals surface area contributed by atoms with Crippen LogP contribution in [0.25, 0.3) is 5.78 Å². The molecule has 0 amide bonds. The Kier molecular flexibility index (Phi) is 5.16. The third-order valence-corrected chi connectivity index (χ3v) is 4.54. The van der Waals surface area contributed by atoms with Gasteiger partial charge in [0.05, 0.1) is 11.8 Å². The smallest absolute Gasteiger partial charge is 0.234 e. The van der Waals surface area contributed by atoms with Crippen molar-refractivity contribution in [3.8, 4) is 0 Å². The van der Waals surface area contributed by atoms with Gasteiger partial charge in [-0.3, -0.25) is 9.30 Å². The summed E-state index contributed by atoms with van der Waals surface area (Å²) in [5, 5.41) is 10.5. The van der Waals surface area contributed by atoms with E-state index in [1.54, 1.807) is 0 Å². The number of hydrogen-bond donors (Lipinski definition) is 1. The van der Waals surface area contributed by atoms with Crippen LogP contribution in [0.4, 0.5) is 0 Å². The number of aliphatic hydroxyl groups excluding tert-OH is 1. The highest BCUT2D eigenvalue weighted by molar-refractivity contribution is 5.34. The molecule has 3 rings (SSSR count). The van der Waals surface area contributed by atoms with E-state index >= 15 is 0 Å². The molecule has 1 aromatic carbocycles.